The topological polar surface area (TPSA) is 84.6 Å². The molecule has 0 heterocycles. The summed E-state index contributed by atoms with van der Waals surface area (Å²) in [4.78, 5) is 10.7. The molecule has 1 amide bonds. The lowest BCUT2D eigenvalue weighted by Crippen LogP contribution is -2.38. The van der Waals surface area contributed by atoms with Gasteiger partial charge in [0.05, 0.1) is 0 Å². The second-order valence-corrected chi connectivity index (χ2v) is 4.95. The molecule has 0 bridgehead atoms. The number of hydrogen-bond donors (Lipinski definition) is 3. The predicted molar refractivity (Wildman–Crippen MR) is 78.6 cm³/mol. The molecule has 0 aliphatic carbocycles. The predicted octanol–water partition coefficient (Wildman–Crippen LogP) is 0.842. The van der Waals surface area contributed by atoms with Crippen LogP contribution in [0.4, 0.5) is 0 Å². The van der Waals surface area contributed by atoms with Gasteiger partial charge < -0.3 is 20.9 Å². The van der Waals surface area contributed by atoms with E-state index in [0.29, 0.717) is 6.54 Å². The largest absolute Gasteiger partial charge is 0.491 e. The molecule has 112 valence electrons. The molecule has 1 rings (SSSR count). The number of hydrogen-bond acceptors (Lipinski definition) is 4. The van der Waals surface area contributed by atoms with Gasteiger partial charge in [0.1, 0.15) is 18.5 Å². The van der Waals surface area contributed by atoms with Crippen LogP contribution in [0.25, 0.3) is 0 Å². The summed E-state index contributed by atoms with van der Waals surface area (Å²) in [6.45, 7) is 4.51. The zero-order valence-electron chi connectivity index (χ0n) is 12.1. The van der Waals surface area contributed by atoms with E-state index in [-0.39, 0.29) is 25.0 Å². The quantitative estimate of drug-likeness (QED) is 0.626. The van der Waals surface area contributed by atoms with Gasteiger partial charge in [-0.05, 0) is 31.0 Å². The average molecular weight is 280 g/mol. The Morgan fingerprint density at radius 2 is 2.25 bits per heavy atom. The first-order chi connectivity index (χ1) is 9.51. The summed E-state index contributed by atoms with van der Waals surface area (Å²) in [5.74, 6) is 0.403. The van der Waals surface area contributed by atoms with Crippen LogP contribution in [0.1, 0.15) is 25.8 Å². The number of ether oxygens (including phenoxy) is 1. The van der Waals surface area contributed by atoms with E-state index in [0.717, 1.165) is 12.2 Å². The fourth-order valence-electron chi connectivity index (χ4n) is 1.82. The van der Waals surface area contributed by atoms with Gasteiger partial charge in [-0.1, -0.05) is 19.1 Å². The van der Waals surface area contributed by atoms with Crippen molar-refractivity contribution in [1.82, 2.24) is 5.32 Å². The van der Waals surface area contributed by atoms with Gasteiger partial charge >= 0.3 is 0 Å². The van der Waals surface area contributed by atoms with Crippen molar-refractivity contribution in [3.05, 3.63) is 29.8 Å². The number of aliphatic hydroxyl groups is 1. The fraction of sp³-hybridized carbons (Fsp3) is 0.533. The van der Waals surface area contributed by atoms with Gasteiger partial charge in [0.15, 0.2) is 0 Å². The highest BCUT2D eigenvalue weighted by molar-refractivity contribution is 5.74. The Balaban J connectivity index is 2.28. The molecule has 0 saturated carbocycles. The summed E-state index contributed by atoms with van der Waals surface area (Å²) >= 11 is 0. The number of rotatable bonds is 9. The minimum Gasteiger partial charge on any atom is -0.491 e. The highest BCUT2D eigenvalue weighted by atomic mass is 16.5. The Hall–Kier alpha value is -1.59. The van der Waals surface area contributed by atoms with Crippen LogP contribution in [0, 0.1) is 0 Å². The van der Waals surface area contributed by atoms with Crippen LogP contribution in [-0.4, -0.2) is 36.3 Å². The van der Waals surface area contributed by atoms with Crippen molar-refractivity contribution >= 4 is 5.91 Å². The van der Waals surface area contributed by atoms with Crippen molar-refractivity contribution in [3.63, 3.8) is 0 Å². The molecule has 0 saturated heterocycles. The third-order valence-electron chi connectivity index (χ3n) is 2.96. The number of aliphatic hydroxyl groups excluding tert-OH is 1. The third kappa shape index (κ3) is 6.54. The van der Waals surface area contributed by atoms with Crippen LogP contribution in [0.15, 0.2) is 24.3 Å². The van der Waals surface area contributed by atoms with Crippen LogP contribution in [0.5, 0.6) is 5.75 Å². The first-order valence-electron chi connectivity index (χ1n) is 6.92. The van der Waals surface area contributed by atoms with Crippen LogP contribution in [0.3, 0.4) is 0 Å². The molecule has 1 aromatic carbocycles. The summed E-state index contributed by atoms with van der Waals surface area (Å²) < 4.78 is 5.54. The number of carbonyl (C=O) groups excluding carboxylic acids is 1. The number of aryl methyl sites for hydroxylation is 1. The molecular weight excluding hydrogens is 256 g/mol. The molecule has 4 N–H and O–H groups in total. The second-order valence-electron chi connectivity index (χ2n) is 4.95. The lowest BCUT2D eigenvalue weighted by atomic mass is 10.2. The molecule has 0 aliphatic rings. The van der Waals surface area contributed by atoms with Gasteiger partial charge in [0.25, 0.3) is 0 Å². The van der Waals surface area contributed by atoms with Gasteiger partial charge in [-0.25, -0.2) is 0 Å². The normalized spacial score (nSPS) is 13.8. The zero-order chi connectivity index (χ0) is 15.0. The number of nitrogens with two attached hydrogens (primary N) is 1. The van der Waals surface area contributed by atoms with Crippen molar-refractivity contribution in [1.29, 1.82) is 0 Å². The lowest BCUT2D eigenvalue weighted by molar-refractivity contribution is -0.118. The second kappa shape index (κ2) is 8.55. The number of benzene rings is 1. The van der Waals surface area contributed by atoms with Crippen molar-refractivity contribution in [2.24, 2.45) is 5.73 Å². The number of nitrogens with one attached hydrogen (secondary N) is 1. The maximum absolute atomic E-state index is 10.7. The maximum Gasteiger partial charge on any atom is 0.218 e. The van der Waals surface area contributed by atoms with Crippen molar-refractivity contribution in [2.45, 2.75) is 38.8 Å². The zero-order valence-corrected chi connectivity index (χ0v) is 12.1. The molecule has 2 atom stereocenters. The molecule has 0 radical (unpaired) electrons. The molecule has 2 unspecified atom stereocenters. The number of carbonyl (C=O) groups is 1. The van der Waals surface area contributed by atoms with Crippen molar-refractivity contribution in [3.8, 4) is 5.75 Å². The summed E-state index contributed by atoms with van der Waals surface area (Å²) in [5.41, 5.74) is 6.29. The van der Waals surface area contributed by atoms with Crippen LogP contribution >= 0.6 is 0 Å². The minimum atomic E-state index is -0.629. The Morgan fingerprint density at radius 3 is 2.90 bits per heavy atom. The average Bonchev–Trinajstić information content (AvgIpc) is 2.42. The molecule has 1 aromatic rings. The Bertz CT molecular complexity index is 423. The number of amides is 1. The van der Waals surface area contributed by atoms with E-state index in [1.807, 2.05) is 31.2 Å². The highest BCUT2D eigenvalue weighted by Gasteiger charge is 2.09. The van der Waals surface area contributed by atoms with E-state index in [1.165, 1.54) is 5.56 Å². The van der Waals surface area contributed by atoms with Crippen LogP contribution in [-0.2, 0) is 11.2 Å². The lowest BCUT2D eigenvalue weighted by Gasteiger charge is -2.16. The van der Waals surface area contributed by atoms with Crippen molar-refractivity contribution in [2.75, 3.05) is 13.2 Å². The van der Waals surface area contributed by atoms with Gasteiger partial charge in [0.2, 0.25) is 5.91 Å². The van der Waals surface area contributed by atoms with E-state index in [9.17, 15) is 9.90 Å². The van der Waals surface area contributed by atoms with E-state index in [4.69, 9.17) is 10.5 Å². The number of primary amides is 1. The molecule has 5 nitrogen and oxygen atoms in total. The van der Waals surface area contributed by atoms with E-state index < -0.39 is 6.10 Å². The van der Waals surface area contributed by atoms with Crippen LogP contribution in [0.2, 0.25) is 0 Å². The van der Waals surface area contributed by atoms with Gasteiger partial charge in [-0.3, -0.25) is 4.79 Å². The van der Waals surface area contributed by atoms with E-state index in [2.05, 4.69) is 12.2 Å². The van der Waals surface area contributed by atoms with E-state index >= 15 is 0 Å². The maximum atomic E-state index is 10.7. The van der Waals surface area contributed by atoms with Crippen molar-refractivity contribution < 1.29 is 14.6 Å². The molecular formula is C15H24N2O3. The van der Waals surface area contributed by atoms with Gasteiger partial charge in [0, 0.05) is 19.0 Å². The van der Waals surface area contributed by atoms with Gasteiger partial charge in [-0.15, -0.1) is 0 Å². The molecule has 0 aliphatic heterocycles. The van der Waals surface area contributed by atoms with E-state index in [1.54, 1.807) is 0 Å². The highest BCUT2D eigenvalue weighted by Crippen LogP contribution is 2.13. The standard InChI is InChI=1S/C15H24N2O3/c1-3-12-5-4-6-14(8-12)20-10-13(18)9-17-11(2)7-15(16)19/h4-6,8,11,13,17-18H,3,7,9-10H2,1-2H3,(H2,16,19). The molecule has 5 heteroatoms. The molecule has 0 aromatic heterocycles. The fourth-order valence-corrected chi connectivity index (χ4v) is 1.82. The monoisotopic (exact) mass is 280 g/mol. The Morgan fingerprint density at radius 1 is 1.50 bits per heavy atom. The summed E-state index contributed by atoms with van der Waals surface area (Å²) in [6, 6.07) is 7.76. The smallest absolute Gasteiger partial charge is 0.218 e. The summed E-state index contributed by atoms with van der Waals surface area (Å²) in [7, 11) is 0. The van der Waals surface area contributed by atoms with Gasteiger partial charge in [-0.2, -0.15) is 0 Å². The third-order valence-corrected chi connectivity index (χ3v) is 2.96. The van der Waals surface area contributed by atoms with Crippen LogP contribution < -0.4 is 15.8 Å². The SMILES string of the molecule is CCc1cccc(OCC(O)CNC(C)CC(N)=O)c1. The molecule has 0 spiro atoms. The Kier molecular flexibility index (Phi) is 7.04. The minimum absolute atomic E-state index is 0.0504. The first-order valence-corrected chi connectivity index (χ1v) is 6.92. The molecule has 20 heavy (non-hydrogen) atoms. The Labute approximate surface area is 120 Å². The molecule has 0 fully saturated rings. The summed E-state index contributed by atoms with van der Waals surface area (Å²) in [6.07, 6.45) is 0.577. The first kappa shape index (κ1) is 16.5. The summed E-state index contributed by atoms with van der Waals surface area (Å²) in [5, 5.41) is 12.9.